The number of nitrogens with zero attached hydrogens (tertiary/aromatic N) is 7. The number of hydrogen-bond acceptors (Lipinski definition) is 9. The summed E-state index contributed by atoms with van der Waals surface area (Å²) in [4.78, 5) is 12.1. The lowest BCUT2D eigenvalue weighted by molar-refractivity contribution is 0.131. The maximum Gasteiger partial charge on any atom is 0.245 e. The molecule has 6 rings (SSSR count). The molecule has 11 nitrogen and oxygen atoms in total. The summed E-state index contributed by atoms with van der Waals surface area (Å²) in [5, 5.41) is 8.12. The molecule has 2 aromatic carbocycles. The van der Waals surface area contributed by atoms with Gasteiger partial charge in [0.05, 0.1) is 42.1 Å². The molecule has 0 unspecified atom stereocenters. The number of piperazine rings is 1. The molecule has 2 aliphatic heterocycles. The summed E-state index contributed by atoms with van der Waals surface area (Å²) < 4.78 is 33.5. The van der Waals surface area contributed by atoms with Gasteiger partial charge in [-0.05, 0) is 56.1 Å². The zero-order chi connectivity index (χ0) is 30.8. The first-order chi connectivity index (χ1) is 21.2. The molecule has 0 radical (unpaired) electrons. The van der Waals surface area contributed by atoms with Crippen LogP contribution in [0.4, 0.5) is 23.0 Å². The molecule has 0 saturated carbocycles. The normalized spacial score (nSPS) is 18.5. The monoisotopic (exact) mass is 618 g/mol. The number of ether oxygens (including phenoxy) is 1. The number of likely N-dealkylation sites (N-methyl/N-ethyl adjacent to an activating group) is 1. The van der Waals surface area contributed by atoms with Crippen molar-refractivity contribution in [3.63, 3.8) is 0 Å². The molecule has 0 spiro atoms. The minimum absolute atomic E-state index is 0.403. The predicted octanol–water partition coefficient (Wildman–Crippen LogP) is 4.01. The van der Waals surface area contributed by atoms with E-state index in [1.54, 1.807) is 30.9 Å². The van der Waals surface area contributed by atoms with Gasteiger partial charge < -0.3 is 24.8 Å². The average molecular weight is 619 g/mol. The molecule has 2 aromatic heterocycles. The Morgan fingerprint density at radius 1 is 1.05 bits per heavy atom. The van der Waals surface area contributed by atoms with E-state index in [4.69, 9.17) is 9.84 Å². The minimum atomic E-state index is -3.45. The molecule has 0 amide bonds. The number of nitrogens with one attached hydrogen (secondary N) is 1. The van der Waals surface area contributed by atoms with Crippen molar-refractivity contribution in [2.75, 3.05) is 87.8 Å². The molecule has 4 aromatic rings. The van der Waals surface area contributed by atoms with Crippen LogP contribution in [-0.4, -0.2) is 106 Å². The third-order valence-corrected chi connectivity index (χ3v) is 10.0. The number of rotatable bonds is 9. The van der Waals surface area contributed by atoms with E-state index in [9.17, 15) is 8.42 Å². The highest BCUT2D eigenvalue weighted by atomic mass is 32.2. The largest absolute Gasteiger partial charge is 0.494 e. The Hall–Kier alpha value is -3.87. The van der Waals surface area contributed by atoms with Crippen molar-refractivity contribution < 1.29 is 13.2 Å². The number of sulfonamides is 1. The second-order valence-corrected chi connectivity index (χ2v) is 14.0. The Morgan fingerprint density at radius 3 is 2.61 bits per heavy atom. The number of piperidine rings is 1. The van der Waals surface area contributed by atoms with Crippen molar-refractivity contribution in [2.45, 2.75) is 12.8 Å². The molecule has 2 aliphatic rings. The summed E-state index contributed by atoms with van der Waals surface area (Å²) in [6, 6.07) is 17.5. The zero-order valence-electron chi connectivity index (χ0n) is 26.0. The molecule has 1 atom stereocenters. The van der Waals surface area contributed by atoms with Gasteiger partial charge in [0.15, 0.2) is 0 Å². The van der Waals surface area contributed by atoms with Gasteiger partial charge >= 0.3 is 0 Å². The Morgan fingerprint density at radius 2 is 1.84 bits per heavy atom. The Kier molecular flexibility index (Phi) is 8.66. The van der Waals surface area contributed by atoms with Crippen molar-refractivity contribution in [1.82, 2.24) is 24.4 Å². The van der Waals surface area contributed by atoms with Gasteiger partial charge in [-0.2, -0.15) is 0 Å². The molecule has 2 fully saturated rings. The van der Waals surface area contributed by atoms with Crippen LogP contribution in [0.15, 0.2) is 60.8 Å². The van der Waals surface area contributed by atoms with Crippen LogP contribution in [0.25, 0.3) is 16.8 Å². The smallest absolute Gasteiger partial charge is 0.245 e. The van der Waals surface area contributed by atoms with Gasteiger partial charge in [0.25, 0.3) is 0 Å². The molecule has 12 heteroatoms. The Bertz CT molecular complexity index is 1720. The molecule has 2 saturated heterocycles. The second-order valence-electron chi connectivity index (χ2n) is 12.0. The standard InChI is InChI=1S/C32H42N8O3S/c1-36-16-18-38(19-17-36)22-24-8-7-15-39(23-24)25-11-13-28(31(20-25)43-3)34-32-33-21-26-12-14-30(40(26)35-32)27-9-5-6-10-29(27)37(2)44(4,41)42/h5-6,9-14,20-21,24H,7-8,15-19,22-23H2,1-4H3,(H,34,35)/t24-/m1/s1. The molecule has 1 N–H and O–H groups in total. The molecular formula is C32H42N8O3S. The summed E-state index contributed by atoms with van der Waals surface area (Å²) in [5.41, 5.74) is 4.80. The van der Waals surface area contributed by atoms with Gasteiger partial charge in [0, 0.05) is 70.2 Å². The van der Waals surface area contributed by atoms with E-state index in [1.807, 2.05) is 36.4 Å². The lowest BCUT2D eigenvalue weighted by Gasteiger charge is -2.39. The highest BCUT2D eigenvalue weighted by Gasteiger charge is 2.25. The first-order valence-electron chi connectivity index (χ1n) is 15.2. The van der Waals surface area contributed by atoms with E-state index in [0.29, 0.717) is 17.6 Å². The number of hydrogen-bond donors (Lipinski definition) is 1. The van der Waals surface area contributed by atoms with Crippen LogP contribution in [-0.2, 0) is 10.0 Å². The van der Waals surface area contributed by atoms with E-state index >= 15 is 0 Å². The maximum absolute atomic E-state index is 12.3. The summed E-state index contributed by atoms with van der Waals surface area (Å²) in [6.07, 6.45) is 5.41. The average Bonchev–Trinajstić information content (AvgIpc) is 3.45. The van der Waals surface area contributed by atoms with E-state index in [-0.39, 0.29) is 0 Å². The third kappa shape index (κ3) is 6.47. The third-order valence-electron chi connectivity index (χ3n) is 8.84. The fourth-order valence-corrected chi connectivity index (χ4v) is 6.77. The number of benzene rings is 2. The number of fused-ring (bicyclic) bond motifs is 1. The number of para-hydroxylation sites is 1. The van der Waals surface area contributed by atoms with Crippen LogP contribution in [0.5, 0.6) is 5.75 Å². The maximum atomic E-state index is 12.3. The van der Waals surface area contributed by atoms with Crippen molar-refractivity contribution in [3.05, 3.63) is 60.8 Å². The predicted molar refractivity (Wildman–Crippen MR) is 177 cm³/mol. The van der Waals surface area contributed by atoms with Crippen LogP contribution in [0.1, 0.15) is 12.8 Å². The zero-order valence-corrected chi connectivity index (χ0v) is 26.8. The molecular weight excluding hydrogens is 576 g/mol. The Balaban J connectivity index is 1.21. The lowest BCUT2D eigenvalue weighted by Crippen LogP contribution is -2.48. The molecule has 0 bridgehead atoms. The topological polar surface area (TPSA) is 98.5 Å². The first kappa shape index (κ1) is 30.2. The molecule has 0 aliphatic carbocycles. The SMILES string of the molecule is COc1cc(N2CCC[C@H](CN3CCN(C)CC3)C2)ccc1Nc1ncc2ccc(-c3ccccc3N(C)S(C)(=O)=O)n2n1. The quantitative estimate of drug-likeness (QED) is 0.298. The fraction of sp³-hybridized carbons (Fsp3) is 0.438. The summed E-state index contributed by atoms with van der Waals surface area (Å²) in [5.74, 6) is 1.79. The molecule has 234 valence electrons. The van der Waals surface area contributed by atoms with E-state index in [2.05, 4.69) is 44.2 Å². The van der Waals surface area contributed by atoms with E-state index < -0.39 is 10.0 Å². The van der Waals surface area contributed by atoms with Crippen LogP contribution in [0, 0.1) is 5.92 Å². The van der Waals surface area contributed by atoms with Gasteiger partial charge in [-0.15, -0.1) is 5.10 Å². The van der Waals surface area contributed by atoms with Crippen LogP contribution in [0.2, 0.25) is 0 Å². The van der Waals surface area contributed by atoms with Crippen molar-refractivity contribution in [2.24, 2.45) is 5.92 Å². The van der Waals surface area contributed by atoms with Crippen molar-refractivity contribution >= 4 is 38.6 Å². The van der Waals surface area contributed by atoms with E-state index in [1.165, 1.54) is 23.4 Å². The van der Waals surface area contributed by atoms with Crippen molar-refractivity contribution in [1.29, 1.82) is 0 Å². The Labute approximate surface area is 260 Å². The minimum Gasteiger partial charge on any atom is -0.494 e. The van der Waals surface area contributed by atoms with E-state index in [0.717, 1.165) is 79.7 Å². The van der Waals surface area contributed by atoms with Gasteiger partial charge in [0.2, 0.25) is 16.0 Å². The summed E-state index contributed by atoms with van der Waals surface area (Å²) >= 11 is 0. The molecule has 4 heterocycles. The summed E-state index contributed by atoms with van der Waals surface area (Å²) in [7, 11) is 2.00. The van der Waals surface area contributed by atoms with Gasteiger partial charge in [-0.25, -0.2) is 17.9 Å². The lowest BCUT2D eigenvalue weighted by atomic mass is 9.96. The van der Waals surface area contributed by atoms with Crippen LogP contribution in [0.3, 0.4) is 0 Å². The van der Waals surface area contributed by atoms with Gasteiger partial charge in [0.1, 0.15) is 5.75 Å². The van der Waals surface area contributed by atoms with Gasteiger partial charge in [-0.3, -0.25) is 4.31 Å². The highest BCUT2D eigenvalue weighted by Crippen LogP contribution is 2.35. The van der Waals surface area contributed by atoms with Crippen LogP contribution < -0.4 is 19.3 Å². The fourth-order valence-electron chi connectivity index (χ4n) is 6.25. The van der Waals surface area contributed by atoms with Crippen LogP contribution >= 0.6 is 0 Å². The van der Waals surface area contributed by atoms with Gasteiger partial charge in [-0.1, -0.05) is 18.2 Å². The van der Waals surface area contributed by atoms with Crippen molar-refractivity contribution in [3.8, 4) is 17.0 Å². The number of aromatic nitrogens is 3. The summed E-state index contributed by atoms with van der Waals surface area (Å²) in [6.45, 7) is 7.87. The molecule has 44 heavy (non-hydrogen) atoms. The second kappa shape index (κ2) is 12.6. The number of anilines is 4. The first-order valence-corrected chi connectivity index (χ1v) is 17.0. The highest BCUT2D eigenvalue weighted by molar-refractivity contribution is 7.92. The number of methoxy groups -OCH3 is 1.